The molecule has 0 aromatic heterocycles. The van der Waals surface area contributed by atoms with E-state index in [1.807, 2.05) is 0 Å². The average molecular weight is 178 g/mol. The van der Waals surface area contributed by atoms with Gasteiger partial charge in [-0.15, -0.1) is 0 Å². The molecule has 1 unspecified atom stereocenters. The molecular formula is C13H22. The number of hydrogen-bond acceptors (Lipinski definition) is 0. The molecule has 0 aliphatic heterocycles. The highest BCUT2D eigenvalue weighted by atomic mass is 14.3. The van der Waals surface area contributed by atoms with Crippen LogP contribution >= 0.6 is 0 Å². The van der Waals surface area contributed by atoms with E-state index in [0.717, 1.165) is 0 Å². The fourth-order valence-corrected chi connectivity index (χ4v) is 2.28. The smallest absolute Gasteiger partial charge is 0.00452 e. The van der Waals surface area contributed by atoms with E-state index in [-0.39, 0.29) is 0 Å². The second-order valence-corrected chi connectivity index (χ2v) is 4.88. The third-order valence-corrected chi connectivity index (χ3v) is 3.26. The van der Waals surface area contributed by atoms with Gasteiger partial charge in [-0.3, -0.25) is 0 Å². The molecule has 0 fully saturated rings. The largest absolute Gasteiger partial charge is 0.0773 e. The molecular weight excluding hydrogens is 156 g/mol. The lowest BCUT2D eigenvalue weighted by molar-refractivity contribution is 0.409. The SMILES string of the molecule is CCCC(C)(C)C1=C(C)C(C)C=C1. The maximum absolute atomic E-state index is 2.36. The van der Waals surface area contributed by atoms with E-state index < -0.39 is 0 Å². The van der Waals surface area contributed by atoms with Gasteiger partial charge in [-0.05, 0) is 30.3 Å². The Kier molecular flexibility index (Phi) is 3.00. The molecule has 0 saturated heterocycles. The van der Waals surface area contributed by atoms with Crippen LogP contribution in [-0.2, 0) is 0 Å². The maximum Gasteiger partial charge on any atom is -0.00452 e. The van der Waals surface area contributed by atoms with Crippen LogP contribution in [0.15, 0.2) is 23.3 Å². The molecule has 0 spiro atoms. The first kappa shape index (κ1) is 10.6. The molecule has 0 radical (unpaired) electrons. The standard InChI is InChI=1S/C13H22/c1-6-9-13(4,5)12-8-7-10(2)11(12)3/h7-8,10H,6,9H2,1-5H3. The topological polar surface area (TPSA) is 0 Å². The van der Waals surface area contributed by atoms with E-state index >= 15 is 0 Å². The lowest BCUT2D eigenvalue weighted by Gasteiger charge is -2.26. The quantitative estimate of drug-likeness (QED) is 0.603. The summed E-state index contributed by atoms with van der Waals surface area (Å²) >= 11 is 0. The molecule has 1 rings (SSSR count). The molecule has 0 N–H and O–H groups in total. The molecule has 0 nitrogen and oxygen atoms in total. The van der Waals surface area contributed by atoms with Gasteiger partial charge in [-0.25, -0.2) is 0 Å². The Morgan fingerprint density at radius 2 is 2.00 bits per heavy atom. The van der Waals surface area contributed by atoms with Crippen LogP contribution in [0.5, 0.6) is 0 Å². The van der Waals surface area contributed by atoms with E-state index in [9.17, 15) is 0 Å². The lowest BCUT2D eigenvalue weighted by atomic mass is 9.78. The third-order valence-electron chi connectivity index (χ3n) is 3.26. The molecule has 1 aliphatic rings. The fourth-order valence-electron chi connectivity index (χ4n) is 2.28. The number of hydrogen-bond donors (Lipinski definition) is 0. The Bertz CT molecular complexity index is 241. The first-order valence-corrected chi connectivity index (χ1v) is 5.38. The monoisotopic (exact) mass is 178 g/mol. The normalized spacial score (nSPS) is 23.0. The van der Waals surface area contributed by atoms with Gasteiger partial charge in [-0.2, -0.15) is 0 Å². The molecule has 13 heavy (non-hydrogen) atoms. The summed E-state index contributed by atoms with van der Waals surface area (Å²) in [4.78, 5) is 0. The lowest BCUT2D eigenvalue weighted by Crippen LogP contribution is -2.14. The predicted molar refractivity (Wildman–Crippen MR) is 59.7 cm³/mol. The first-order chi connectivity index (χ1) is 5.99. The summed E-state index contributed by atoms with van der Waals surface area (Å²) in [5.74, 6) is 0.658. The molecule has 0 heterocycles. The number of allylic oxidation sites excluding steroid dienone is 4. The molecule has 0 aromatic rings. The summed E-state index contributed by atoms with van der Waals surface area (Å²) in [5.41, 5.74) is 3.51. The van der Waals surface area contributed by atoms with Crippen molar-refractivity contribution < 1.29 is 0 Å². The second kappa shape index (κ2) is 3.69. The fraction of sp³-hybridized carbons (Fsp3) is 0.692. The van der Waals surface area contributed by atoms with Crippen LogP contribution in [-0.4, -0.2) is 0 Å². The minimum absolute atomic E-state index is 0.375. The van der Waals surface area contributed by atoms with Crippen molar-refractivity contribution in [1.82, 2.24) is 0 Å². The van der Waals surface area contributed by atoms with E-state index in [2.05, 4.69) is 46.8 Å². The summed E-state index contributed by atoms with van der Waals surface area (Å²) in [6.07, 6.45) is 7.21. The van der Waals surface area contributed by atoms with Gasteiger partial charge in [0.25, 0.3) is 0 Å². The highest BCUT2D eigenvalue weighted by Crippen LogP contribution is 2.39. The Morgan fingerprint density at radius 1 is 1.38 bits per heavy atom. The zero-order chi connectivity index (χ0) is 10.1. The zero-order valence-corrected chi connectivity index (χ0v) is 9.65. The molecule has 74 valence electrons. The van der Waals surface area contributed by atoms with Crippen molar-refractivity contribution in [2.75, 3.05) is 0 Å². The highest BCUT2D eigenvalue weighted by molar-refractivity contribution is 5.39. The van der Waals surface area contributed by atoms with Crippen molar-refractivity contribution in [3.8, 4) is 0 Å². The zero-order valence-electron chi connectivity index (χ0n) is 9.65. The van der Waals surface area contributed by atoms with Crippen molar-refractivity contribution in [2.45, 2.75) is 47.5 Å². The predicted octanol–water partition coefficient (Wildman–Crippen LogP) is 4.34. The second-order valence-electron chi connectivity index (χ2n) is 4.88. The summed E-state index contributed by atoms with van der Waals surface area (Å²) in [5, 5.41) is 0. The van der Waals surface area contributed by atoms with Crippen LogP contribution < -0.4 is 0 Å². The minimum Gasteiger partial charge on any atom is -0.0773 e. The minimum atomic E-state index is 0.375. The van der Waals surface area contributed by atoms with Crippen LogP contribution in [0.2, 0.25) is 0 Å². The Balaban J connectivity index is 2.88. The van der Waals surface area contributed by atoms with Gasteiger partial charge < -0.3 is 0 Å². The Labute approximate surface area is 82.7 Å². The van der Waals surface area contributed by atoms with Crippen molar-refractivity contribution in [3.05, 3.63) is 23.3 Å². The molecule has 0 bridgehead atoms. The van der Waals surface area contributed by atoms with Crippen molar-refractivity contribution in [2.24, 2.45) is 11.3 Å². The molecule has 1 atom stereocenters. The van der Waals surface area contributed by atoms with E-state index in [1.165, 1.54) is 12.8 Å². The van der Waals surface area contributed by atoms with Gasteiger partial charge in [0.15, 0.2) is 0 Å². The van der Waals surface area contributed by atoms with E-state index in [0.29, 0.717) is 11.3 Å². The van der Waals surface area contributed by atoms with Gasteiger partial charge in [0.05, 0.1) is 0 Å². The van der Waals surface area contributed by atoms with Gasteiger partial charge in [0.2, 0.25) is 0 Å². The number of rotatable bonds is 3. The molecule has 0 aromatic carbocycles. The highest BCUT2D eigenvalue weighted by Gasteiger charge is 2.26. The maximum atomic E-state index is 2.36. The van der Waals surface area contributed by atoms with Crippen molar-refractivity contribution >= 4 is 0 Å². The van der Waals surface area contributed by atoms with Crippen LogP contribution in [0.4, 0.5) is 0 Å². The van der Waals surface area contributed by atoms with Gasteiger partial charge in [0, 0.05) is 0 Å². The van der Waals surface area contributed by atoms with Crippen LogP contribution in [0, 0.1) is 11.3 Å². The van der Waals surface area contributed by atoms with E-state index in [4.69, 9.17) is 0 Å². The van der Waals surface area contributed by atoms with Crippen molar-refractivity contribution in [1.29, 1.82) is 0 Å². The summed E-state index contributed by atoms with van der Waals surface area (Å²) < 4.78 is 0. The summed E-state index contributed by atoms with van der Waals surface area (Å²) in [6.45, 7) is 11.5. The van der Waals surface area contributed by atoms with Gasteiger partial charge in [0.1, 0.15) is 0 Å². The Hall–Kier alpha value is -0.520. The average Bonchev–Trinajstić information content (AvgIpc) is 2.33. The first-order valence-electron chi connectivity index (χ1n) is 5.38. The van der Waals surface area contributed by atoms with Crippen LogP contribution in [0.3, 0.4) is 0 Å². The van der Waals surface area contributed by atoms with Gasteiger partial charge in [-0.1, -0.05) is 51.8 Å². The Morgan fingerprint density at radius 3 is 2.38 bits per heavy atom. The summed E-state index contributed by atoms with van der Waals surface area (Å²) in [7, 11) is 0. The van der Waals surface area contributed by atoms with Crippen LogP contribution in [0.25, 0.3) is 0 Å². The molecule has 1 aliphatic carbocycles. The molecule has 0 heteroatoms. The molecule has 0 saturated carbocycles. The summed E-state index contributed by atoms with van der Waals surface area (Å²) in [6, 6.07) is 0. The third kappa shape index (κ3) is 2.04. The van der Waals surface area contributed by atoms with Crippen LogP contribution in [0.1, 0.15) is 47.5 Å². The van der Waals surface area contributed by atoms with Crippen molar-refractivity contribution in [3.63, 3.8) is 0 Å². The van der Waals surface area contributed by atoms with E-state index in [1.54, 1.807) is 11.1 Å². The molecule has 0 amide bonds. The van der Waals surface area contributed by atoms with Gasteiger partial charge >= 0.3 is 0 Å².